The summed E-state index contributed by atoms with van der Waals surface area (Å²) in [5.74, 6) is -3.01. The molecule has 130 valence electrons. The summed E-state index contributed by atoms with van der Waals surface area (Å²) >= 11 is 12.3. The van der Waals surface area contributed by atoms with E-state index in [1.54, 1.807) is 6.07 Å². The van der Waals surface area contributed by atoms with E-state index in [2.05, 4.69) is 9.71 Å². The first kappa shape index (κ1) is 16.4. The Balaban J connectivity index is 1.69. The molecule has 2 heterocycles. The summed E-state index contributed by atoms with van der Waals surface area (Å²) in [7, 11) is -3.81. The van der Waals surface area contributed by atoms with Crippen molar-refractivity contribution >= 4 is 50.0 Å². The molecule has 0 atom stereocenters. The van der Waals surface area contributed by atoms with Gasteiger partial charge in [0.2, 0.25) is 5.92 Å². The summed E-state index contributed by atoms with van der Waals surface area (Å²) in [6.45, 7) is 0.143. The summed E-state index contributed by atoms with van der Waals surface area (Å²) in [4.78, 5) is 2.92. The number of H-pyrrole nitrogens is 1. The molecule has 1 saturated carbocycles. The second kappa shape index (κ2) is 5.20. The number of halogens is 4. The predicted octanol–water partition coefficient (Wildman–Crippen LogP) is 3.99. The number of fused-ring (bicyclic) bond motifs is 3. The Morgan fingerprint density at radius 2 is 2.00 bits per heavy atom. The first-order valence-corrected chi connectivity index (χ1v) is 9.49. The summed E-state index contributed by atoms with van der Waals surface area (Å²) in [5.41, 5.74) is 1.59. The Kier molecular flexibility index (Phi) is 3.55. The van der Waals surface area contributed by atoms with Crippen LogP contribution >= 0.6 is 23.2 Å². The van der Waals surface area contributed by atoms with Crippen LogP contribution in [0.3, 0.4) is 0 Å². The highest BCUT2D eigenvalue weighted by atomic mass is 35.5. The molecule has 24 heavy (non-hydrogen) atoms. The van der Waals surface area contributed by atoms with Gasteiger partial charge in [-0.25, -0.2) is 8.78 Å². The van der Waals surface area contributed by atoms with Gasteiger partial charge in [-0.1, -0.05) is 23.2 Å². The van der Waals surface area contributed by atoms with Crippen molar-refractivity contribution in [1.29, 1.82) is 0 Å². The zero-order chi connectivity index (χ0) is 17.3. The molecular weight excluding hydrogens is 383 g/mol. The maximum Gasteiger partial charge on any atom is 0.302 e. The molecule has 1 aliphatic carbocycles. The minimum atomic E-state index is -3.81. The molecule has 2 aromatic rings. The van der Waals surface area contributed by atoms with E-state index in [9.17, 15) is 17.2 Å². The lowest BCUT2D eigenvalue weighted by atomic mass is 9.81. The van der Waals surface area contributed by atoms with Gasteiger partial charge < -0.3 is 4.98 Å². The summed E-state index contributed by atoms with van der Waals surface area (Å²) in [6.07, 6.45) is 0.977. The van der Waals surface area contributed by atoms with E-state index in [0.717, 1.165) is 0 Å². The number of benzene rings is 1. The van der Waals surface area contributed by atoms with Gasteiger partial charge in [-0.15, -0.1) is 0 Å². The molecule has 2 aliphatic rings. The van der Waals surface area contributed by atoms with Crippen molar-refractivity contribution in [1.82, 2.24) is 9.29 Å². The van der Waals surface area contributed by atoms with Crippen molar-refractivity contribution in [3.63, 3.8) is 0 Å². The number of rotatable bonds is 2. The van der Waals surface area contributed by atoms with Crippen LogP contribution in [0.25, 0.3) is 10.9 Å². The zero-order valence-corrected chi connectivity index (χ0v) is 14.6. The number of aromatic amines is 1. The Labute approximate surface area is 147 Å². The number of aromatic nitrogens is 1. The molecule has 0 unspecified atom stereocenters. The van der Waals surface area contributed by atoms with Crippen LogP contribution in [-0.4, -0.2) is 30.2 Å². The fourth-order valence-corrected chi connectivity index (χ4v) is 5.33. The molecule has 1 aliphatic heterocycles. The average molecular weight is 396 g/mol. The number of alkyl halides is 2. The number of hydrogen-bond acceptors (Lipinski definition) is 2. The third kappa shape index (κ3) is 2.56. The third-order valence-corrected chi connectivity index (χ3v) is 6.51. The zero-order valence-electron chi connectivity index (χ0n) is 12.2. The molecule has 0 spiro atoms. The molecule has 0 bridgehead atoms. The molecule has 0 saturated heterocycles. The van der Waals surface area contributed by atoms with Crippen molar-refractivity contribution in [2.45, 2.75) is 25.3 Å². The second-order valence-electron chi connectivity index (χ2n) is 6.31. The molecule has 1 aromatic heterocycles. The van der Waals surface area contributed by atoms with E-state index in [-0.39, 0.29) is 31.8 Å². The standard InChI is InChI=1S/C14H13Cl2F2N3O2S/c15-9-1-8-6-21(5-7-2-14(17,18)3-7)24(22,23)20-12(8)13-11(9)10(16)4-19-13/h1,4,7,19-20H,2-3,5-6H2. The first-order valence-electron chi connectivity index (χ1n) is 7.30. The van der Waals surface area contributed by atoms with Crippen LogP contribution in [0.1, 0.15) is 18.4 Å². The van der Waals surface area contributed by atoms with Crippen molar-refractivity contribution in [3.05, 3.63) is 27.9 Å². The highest BCUT2D eigenvalue weighted by Crippen LogP contribution is 2.44. The minimum absolute atomic E-state index is 0.0610. The Bertz CT molecular complexity index is 937. The fraction of sp³-hybridized carbons (Fsp3) is 0.429. The van der Waals surface area contributed by atoms with Gasteiger partial charge in [-0.3, -0.25) is 4.72 Å². The molecule has 1 fully saturated rings. The van der Waals surface area contributed by atoms with Gasteiger partial charge in [-0.2, -0.15) is 12.7 Å². The number of anilines is 1. The smallest absolute Gasteiger partial charge is 0.302 e. The fourth-order valence-electron chi connectivity index (χ4n) is 3.36. The minimum Gasteiger partial charge on any atom is -0.358 e. The van der Waals surface area contributed by atoms with E-state index in [1.165, 1.54) is 10.5 Å². The van der Waals surface area contributed by atoms with E-state index < -0.39 is 16.1 Å². The van der Waals surface area contributed by atoms with Crippen LogP contribution < -0.4 is 4.72 Å². The predicted molar refractivity (Wildman–Crippen MR) is 88.9 cm³/mol. The third-order valence-electron chi connectivity index (χ3n) is 4.50. The van der Waals surface area contributed by atoms with E-state index >= 15 is 0 Å². The average Bonchev–Trinajstić information content (AvgIpc) is 2.82. The molecular formula is C14H13Cl2F2N3O2S. The second-order valence-corrected chi connectivity index (χ2v) is 8.79. The molecule has 5 nitrogen and oxygen atoms in total. The van der Waals surface area contributed by atoms with Crippen LogP contribution in [-0.2, 0) is 16.8 Å². The van der Waals surface area contributed by atoms with Crippen molar-refractivity contribution in [3.8, 4) is 0 Å². The number of nitrogens with one attached hydrogen (secondary N) is 2. The molecule has 4 rings (SSSR count). The van der Waals surface area contributed by atoms with Crippen LogP contribution in [0.15, 0.2) is 12.3 Å². The summed E-state index contributed by atoms with van der Waals surface area (Å²) in [5, 5.41) is 1.36. The van der Waals surface area contributed by atoms with Crippen molar-refractivity contribution in [2.24, 2.45) is 5.92 Å². The van der Waals surface area contributed by atoms with Gasteiger partial charge in [0.25, 0.3) is 0 Å². The monoisotopic (exact) mass is 395 g/mol. The van der Waals surface area contributed by atoms with E-state index in [4.69, 9.17) is 23.2 Å². The molecule has 0 radical (unpaired) electrons. The molecule has 2 N–H and O–H groups in total. The number of nitrogens with zero attached hydrogens (tertiary/aromatic N) is 1. The van der Waals surface area contributed by atoms with Crippen molar-refractivity contribution < 1.29 is 17.2 Å². The van der Waals surface area contributed by atoms with Gasteiger partial charge in [0, 0.05) is 37.5 Å². The summed E-state index contributed by atoms with van der Waals surface area (Å²) in [6, 6.07) is 1.66. The lowest BCUT2D eigenvalue weighted by Crippen LogP contribution is -2.47. The van der Waals surface area contributed by atoms with Crippen molar-refractivity contribution in [2.75, 3.05) is 11.3 Å². The highest BCUT2D eigenvalue weighted by molar-refractivity contribution is 7.90. The van der Waals surface area contributed by atoms with Crippen LogP contribution in [0, 0.1) is 5.92 Å². The van der Waals surface area contributed by atoms with E-state index in [0.29, 0.717) is 32.2 Å². The van der Waals surface area contributed by atoms with Crippen LogP contribution in [0.2, 0.25) is 10.0 Å². The highest BCUT2D eigenvalue weighted by Gasteiger charge is 2.47. The molecule has 1 aromatic carbocycles. The number of hydrogen-bond donors (Lipinski definition) is 2. The Morgan fingerprint density at radius 1 is 1.29 bits per heavy atom. The largest absolute Gasteiger partial charge is 0.358 e. The Morgan fingerprint density at radius 3 is 2.67 bits per heavy atom. The lowest BCUT2D eigenvalue weighted by molar-refractivity contribution is -0.113. The van der Waals surface area contributed by atoms with Gasteiger partial charge in [0.15, 0.2) is 0 Å². The van der Waals surface area contributed by atoms with Gasteiger partial charge in [0.1, 0.15) is 0 Å². The van der Waals surface area contributed by atoms with Gasteiger partial charge >= 0.3 is 10.2 Å². The maximum atomic E-state index is 13.0. The van der Waals surface area contributed by atoms with Gasteiger partial charge in [0.05, 0.1) is 21.2 Å². The summed E-state index contributed by atoms with van der Waals surface area (Å²) < 4.78 is 54.6. The van der Waals surface area contributed by atoms with Crippen LogP contribution in [0.4, 0.5) is 14.5 Å². The van der Waals surface area contributed by atoms with Crippen LogP contribution in [0.5, 0.6) is 0 Å². The SMILES string of the molecule is O=S1(=O)Nc2c(cc(Cl)c3c(Cl)c[nH]c23)CN1CC1CC(F)(F)C1. The molecule has 0 amide bonds. The first-order chi connectivity index (χ1) is 11.2. The normalized spacial score (nSPS) is 22.8. The lowest BCUT2D eigenvalue weighted by Gasteiger charge is -2.39. The van der Waals surface area contributed by atoms with Gasteiger partial charge in [-0.05, 0) is 17.5 Å². The maximum absolute atomic E-state index is 13.0. The quantitative estimate of drug-likeness (QED) is 0.806. The molecule has 10 heteroatoms. The topological polar surface area (TPSA) is 65.2 Å². The Hall–Kier alpha value is -1.09. The van der Waals surface area contributed by atoms with E-state index in [1.807, 2.05) is 0 Å².